The maximum absolute atomic E-state index is 12.4. The lowest BCUT2D eigenvalue weighted by Gasteiger charge is -2.25. The van der Waals surface area contributed by atoms with E-state index in [9.17, 15) is 19.0 Å². The maximum Gasteiger partial charge on any atom is 0.472 e. The number of aromatic amines is 1. The Labute approximate surface area is 197 Å². The van der Waals surface area contributed by atoms with Crippen LogP contribution in [0.1, 0.15) is 38.8 Å². The van der Waals surface area contributed by atoms with Crippen LogP contribution in [-0.4, -0.2) is 59.0 Å². The molecule has 2 rings (SSSR count). The van der Waals surface area contributed by atoms with Gasteiger partial charge >= 0.3 is 13.5 Å². The predicted octanol–water partition coefficient (Wildman–Crippen LogP) is 1.88. The van der Waals surface area contributed by atoms with Crippen molar-refractivity contribution in [2.24, 2.45) is 5.92 Å². The quantitative estimate of drug-likeness (QED) is 0.157. The third kappa shape index (κ3) is 8.56. The molecule has 11 nitrogen and oxygen atoms in total. The van der Waals surface area contributed by atoms with Gasteiger partial charge in [-0.3, -0.25) is 23.4 Å². The van der Waals surface area contributed by atoms with Crippen LogP contribution in [0.2, 0.25) is 0 Å². The topological polar surface area (TPSA) is 141 Å². The first-order valence-corrected chi connectivity index (χ1v) is 12.5. The van der Waals surface area contributed by atoms with Crippen molar-refractivity contribution >= 4 is 25.0 Å². The molecule has 2 heterocycles. The molecule has 33 heavy (non-hydrogen) atoms. The van der Waals surface area contributed by atoms with E-state index in [1.165, 1.54) is 23.9 Å². The summed E-state index contributed by atoms with van der Waals surface area (Å²) in [4.78, 5) is 36.8. The molecule has 13 heteroatoms. The average Bonchev–Trinajstić information content (AvgIpc) is 3.06. The minimum absolute atomic E-state index is 0.0650. The number of methoxy groups -OCH3 is 1. The maximum atomic E-state index is 12.4. The second-order valence-electron chi connectivity index (χ2n) is 7.61. The minimum atomic E-state index is -4.35. The Hall–Kier alpha value is -1.66. The normalized spacial score (nSPS) is 24.7. The summed E-state index contributed by atoms with van der Waals surface area (Å²) in [6, 6.07) is 1.21. The van der Waals surface area contributed by atoms with Crippen molar-refractivity contribution in [3.05, 3.63) is 45.3 Å². The van der Waals surface area contributed by atoms with Gasteiger partial charge in [0.15, 0.2) is 0 Å². The number of hydrogen-bond acceptors (Lipinski definition) is 8. The third-order valence-electron chi connectivity index (χ3n) is 5.16. The summed E-state index contributed by atoms with van der Waals surface area (Å²) in [5.74, 6) is -0.528. The summed E-state index contributed by atoms with van der Waals surface area (Å²) in [5, 5.41) is 3.11. The van der Waals surface area contributed by atoms with Gasteiger partial charge in [0, 0.05) is 38.9 Å². The highest BCUT2D eigenvalue weighted by atomic mass is 32.1. The number of aromatic nitrogens is 2. The number of H-pyrrole nitrogens is 1. The van der Waals surface area contributed by atoms with Crippen LogP contribution in [0.15, 0.2) is 34.0 Å². The monoisotopic (exact) mass is 505 g/mol. The van der Waals surface area contributed by atoms with Crippen LogP contribution in [0.5, 0.6) is 0 Å². The van der Waals surface area contributed by atoms with Gasteiger partial charge < -0.3 is 19.7 Å². The number of hydrogen-bond donors (Lipinski definition) is 3. The minimum Gasteiger partial charge on any atom is -0.382 e. The Morgan fingerprint density at radius 2 is 2.12 bits per heavy atom. The Kier molecular flexibility index (Phi) is 11.1. The van der Waals surface area contributed by atoms with Crippen molar-refractivity contribution in [3.8, 4) is 0 Å². The number of thiocarbonyl (C=S) groups is 1. The molecule has 1 aliphatic rings. The SMILES string of the molecule is COC[C@H]1O[C@@H](n2ccc(=O)[nH]c2=O)[C@@H](C/C=C/CCCCNC(C)=S)C1OP(=O)(O)OC. The Morgan fingerprint density at radius 3 is 2.76 bits per heavy atom. The van der Waals surface area contributed by atoms with E-state index in [-0.39, 0.29) is 6.61 Å². The van der Waals surface area contributed by atoms with Gasteiger partial charge in [0.1, 0.15) is 18.4 Å². The summed E-state index contributed by atoms with van der Waals surface area (Å²) in [6.07, 6.45) is 5.91. The molecule has 0 spiro atoms. The number of ether oxygens (including phenoxy) is 2. The van der Waals surface area contributed by atoms with Gasteiger partial charge in [0.2, 0.25) is 0 Å². The molecule has 0 bridgehead atoms. The van der Waals surface area contributed by atoms with Gasteiger partial charge in [0.25, 0.3) is 5.56 Å². The Balaban J connectivity index is 2.19. The molecule has 1 aromatic heterocycles. The highest BCUT2D eigenvalue weighted by Gasteiger charge is 2.48. The van der Waals surface area contributed by atoms with E-state index in [0.29, 0.717) is 6.42 Å². The summed E-state index contributed by atoms with van der Waals surface area (Å²) < 4.78 is 34.6. The van der Waals surface area contributed by atoms with Gasteiger partial charge in [0.05, 0.1) is 11.6 Å². The lowest BCUT2D eigenvalue weighted by Crippen LogP contribution is -2.35. The molecule has 186 valence electrons. The first kappa shape index (κ1) is 27.6. The summed E-state index contributed by atoms with van der Waals surface area (Å²) in [7, 11) is -1.81. The van der Waals surface area contributed by atoms with Gasteiger partial charge in [-0.25, -0.2) is 9.36 Å². The smallest absolute Gasteiger partial charge is 0.382 e. The highest BCUT2D eigenvalue weighted by Crippen LogP contribution is 2.50. The number of phosphoric acid groups is 1. The molecule has 0 amide bonds. The molecule has 0 saturated carbocycles. The van der Waals surface area contributed by atoms with E-state index >= 15 is 0 Å². The van der Waals surface area contributed by atoms with Crippen molar-refractivity contribution in [2.45, 2.75) is 51.0 Å². The van der Waals surface area contributed by atoms with Gasteiger partial charge in [-0.2, -0.15) is 0 Å². The standard InChI is InChI=1S/C20H32N3O8PS/c1-14(33)21-11-8-6-4-5-7-9-15-18(31-32(26,27)29-3)16(13-28-2)30-19(15)23-12-10-17(24)22-20(23)25/h5,7,10,12,15-16,18-19H,4,6,8-9,11,13H2,1-3H3,(H,21,33)(H,26,27)(H,22,24,25)/b7-5+/t15-,16+,18?,19+/m0/s1. The molecular formula is C20H32N3O8PS. The van der Waals surface area contributed by atoms with Crippen molar-refractivity contribution in [3.63, 3.8) is 0 Å². The summed E-state index contributed by atoms with van der Waals surface area (Å²) >= 11 is 4.98. The van der Waals surface area contributed by atoms with Crippen molar-refractivity contribution in [1.82, 2.24) is 14.9 Å². The predicted molar refractivity (Wildman–Crippen MR) is 126 cm³/mol. The number of rotatable bonds is 13. The van der Waals surface area contributed by atoms with E-state index in [2.05, 4.69) is 14.8 Å². The molecule has 3 N–H and O–H groups in total. The molecule has 5 atom stereocenters. The molecular weight excluding hydrogens is 473 g/mol. The van der Waals surface area contributed by atoms with Crippen LogP contribution in [-0.2, 0) is 23.1 Å². The van der Waals surface area contributed by atoms with E-state index in [4.69, 9.17) is 26.2 Å². The number of allylic oxidation sites excluding steroid dienone is 2. The molecule has 2 unspecified atom stereocenters. The fourth-order valence-electron chi connectivity index (χ4n) is 3.61. The first-order valence-electron chi connectivity index (χ1n) is 10.6. The van der Waals surface area contributed by atoms with E-state index in [1.54, 1.807) is 0 Å². The van der Waals surface area contributed by atoms with E-state index < -0.39 is 43.4 Å². The third-order valence-corrected chi connectivity index (χ3v) is 6.27. The zero-order valence-corrected chi connectivity index (χ0v) is 20.7. The molecule has 1 aromatic rings. The fraction of sp³-hybridized carbons (Fsp3) is 0.650. The highest BCUT2D eigenvalue weighted by molar-refractivity contribution is 7.80. The summed E-state index contributed by atoms with van der Waals surface area (Å²) in [6.45, 7) is 2.72. The second-order valence-corrected chi connectivity index (χ2v) is 9.73. The largest absolute Gasteiger partial charge is 0.472 e. The van der Waals surface area contributed by atoms with Crippen LogP contribution in [0.25, 0.3) is 0 Å². The molecule has 1 saturated heterocycles. The van der Waals surface area contributed by atoms with Crippen molar-refractivity contribution < 1.29 is 28.0 Å². The Bertz CT molecular complexity index is 965. The van der Waals surface area contributed by atoms with Crippen LogP contribution >= 0.6 is 20.0 Å². The lowest BCUT2D eigenvalue weighted by molar-refractivity contribution is -0.0561. The van der Waals surface area contributed by atoms with Crippen molar-refractivity contribution in [1.29, 1.82) is 0 Å². The first-order chi connectivity index (χ1) is 15.7. The van der Waals surface area contributed by atoms with Crippen LogP contribution in [0.4, 0.5) is 0 Å². The molecule has 0 aromatic carbocycles. The van der Waals surface area contributed by atoms with Crippen molar-refractivity contribution in [2.75, 3.05) is 27.4 Å². The van der Waals surface area contributed by atoms with Gasteiger partial charge in [-0.15, -0.1) is 0 Å². The summed E-state index contributed by atoms with van der Waals surface area (Å²) in [5.41, 5.74) is -1.19. The van der Waals surface area contributed by atoms with Crippen LogP contribution in [0.3, 0.4) is 0 Å². The van der Waals surface area contributed by atoms with Gasteiger partial charge in [-0.05, 0) is 32.6 Å². The van der Waals surface area contributed by atoms with Crippen LogP contribution < -0.4 is 16.6 Å². The zero-order valence-electron chi connectivity index (χ0n) is 19.0. The Morgan fingerprint density at radius 1 is 1.36 bits per heavy atom. The van der Waals surface area contributed by atoms with E-state index in [0.717, 1.165) is 37.9 Å². The molecule has 0 radical (unpaired) electrons. The lowest BCUT2D eigenvalue weighted by atomic mass is 9.95. The molecule has 1 fully saturated rings. The number of phosphoric ester groups is 1. The van der Waals surface area contributed by atoms with Gasteiger partial charge in [-0.1, -0.05) is 24.4 Å². The molecule has 1 aliphatic heterocycles. The number of unbranched alkanes of at least 4 members (excludes halogenated alkanes) is 2. The zero-order chi connectivity index (χ0) is 24.4. The van der Waals surface area contributed by atoms with Crippen LogP contribution in [0, 0.1) is 5.92 Å². The fourth-order valence-corrected chi connectivity index (χ4v) is 4.40. The van der Waals surface area contributed by atoms with E-state index in [1.807, 2.05) is 19.1 Å². The second kappa shape index (κ2) is 13.3. The number of nitrogens with zero attached hydrogens (tertiary/aromatic N) is 1. The average molecular weight is 506 g/mol. The number of nitrogens with one attached hydrogen (secondary N) is 2. The molecule has 0 aliphatic carbocycles.